The molecule has 0 bridgehead atoms. The Morgan fingerprint density at radius 3 is 1.80 bits per heavy atom. The molecule has 90 valence electrons. The highest BCUT2D eigenvalue weighted by molar-refractivity contribution is 4.72. The van der Waals surface area contributed by atoms with Gasteiger partial charge in [-0.05, 0) is 11.8 Å². The lowest BCUT2D eigenvalue weighted by atomic mass is 9.78. The fourth-order valence-electron chi connectivity index (χ4n) is 3.08. The second-order valence-electron chi connectivity index (χ2n) is 5.52. The summed E-state index contributed by atoms with van der Waals surface area (Å²) in [7, 11) is 0. The van der Waals surface area contributed by atoms with Crippen molar-refractivity contribution in [2.24, 2.45) is 11.8 Å². The molecule has 0 amide bonds. The van der Waals surface area contributed by atoms with Gasteiger partial charge in [-0.3, -0.25) is 0 Å². The Balaban J connectivity index is 1.99. The fourth-order valence-corrected chi connectivity index (χ4v) is 3.08. The average molecular weight is 210 g/mol. The summed E-state index contributed by atoms with van der Waals surface area (Å²) in [5.74, 6) is 2.18. The van der Waals surface area contributed by atoms with Crippen molar-refractivity contribution < 1.29 is 0 Å². The second-order valence-corrected chi connectivity index (χ2v) is 5.52. The van der Waals surface area contributed by atoms with Crippen LogP contribution < -0.4 is 0 Å². The van der Waals surface area contributed by atoms with Gasteiger partial charge in [0.2, 0.25) is 0 Å². The van der Waals surface area contributed by atoms with Gasteiger partial charge < -0.3 is 0 Å². The third-order valence-corrected chi connectivity index (χ3v) is 4.13. The Morgan fingerprint density at radius 1 is 0.667 bits per heavy atom. The highest BCUT2D eigenvalue weighted by Crippen LogP contribution is 2.34. The molecule has 1 fully saturated rings. The first kappa shape index (κ1) is 13.1. The van der Waals surface area contributed by atoms with E-state index in [0.29, 0.717) is 0 Å². The first-order chi connectivity index (χ1) is 7.36. The van der Waals surface area contributed by atoms with Crippen LogP contribution >= 0.6 is 0 Å². The third kappa shape index (κ3) is 5.58. The van der Waals surface area contributed by atoms with Gasteiger partial charge >= 0.3 is 0 Å². The van der Waals surface area contributed by atoms with Gasteiger partial charge in [-0.1, -0.05) is 84.5 Å². The van der Waals surface area contributed by atoms with Crippen molar-refractivity contribution in [2.75, 3.05) is 0 Å². The Hall–Kier alpha value is 0. The van der Waals surface area contributed by atoms with Gasteiger partial charge in [0.15, 0.2) is 0 Å². The van der Waals surface area contributed by atoms with E-state index in [4.69, 9.17) is 0 Å². The summed E-state index contributed by atoms with van der Waals surface area (Å²) in [5.41, 5.74) is 0. The molecule has 0 aromatic carbocycles. The Bertz CT molecular complexity index is 128. The van der Waals surface area contributed by atoms with Gasteiger partial charge in [0.25, 0.3) is 0 Å². The van der Waals surface area contributed by atoms with Crippen molar-refractivity contribution in [1.82, 2.24) is 0 Å². The molecule has 0 heteroatoms. The van der Waals surface area contributed by atoms with Crippen LogP contribution in [0.3, 0.4) is 0 Å². The summed E-state index contributed by atoms with van der Waals surface area (Å²) in [6, 6.07) is 0. The highest BCUT2D eigenvalue weighted by Gasteiger charge is 2.19. The largest absolute Gasteiger partial charge is 0.0654 e. The Morgan fingerprint density at radius 2 is 1.27 bits per heavy atom. The molecule has 0 radical (unpaired) electrons. The number of rotatable bonds is 7. The number of hydrogen-bond acceptors (Lipinski definition) is 0. The predicted octanol–water partition coefficient (Wildman–Crippen LogP) is 5.56. The maximum absolute atomic E-state index is 2.33. The van der Waals surface area contributed by atoms with Gasteiger partial charge in [0.05, 0.1) is 0 Å². The predicted molar refractivity (Wildman–Crippen MR) is 69.1 cm³/mol. The summed E-state index contributed by atoms with van der Waals surface area (Å²) in [4.78, 5) is 0. The number of unbranched alkanes of at least 4 members (excludes halogenated alkanes) is 3. The van der Waals surface area contributed by atoms with Crippen molar-refractivity contribution in [3.8, 4) is 0 Å². The molecule has 0 aliphatic heterocycles. The molecule has 0 unspecified atom stereocenters. The summed E-state index contributed by atoms with van der Waals surface area (Å²) in [6.07, 6.45) is 16.4. The van der Waals surface area contributed by atoms with Gasteiger partial charge in [0.1, 0.15) is 0 Å². The van der Waals surface area contributed by atoms with E-state index in [-0.39, 0.29) is 0 Å². The van der Waals surface area contributed by atoms with Gasteiger partial charge in [-0.25, -0.2) is 0 Å². The van der Waals surface area contributed by atoms with Crippen molar-refractivity contribution in [3.63, 3.8) is 0 Å². The molecule has 0 nitrogen and oxygen atoms in total. The topological polar surface area (TPSA) is 0 Å². The zero-order valence-electron chi connectivity index (χ0n) is 10.9. The lowest BCUT2D eigenvalue weighted by Gasteiger charge is -2.28. The minimum atomic E-state index is 1.09. The van der Waals surface area contributed by atoms with Crippen LogP contribution in [0.15, 0.2) is 0 Å². The Kier molecular flexibility index (Phi) is 7.13. The minimum Gasteiger partial charge on any atom is -0.0654 e. The molecule has 0 aromatic rings. The molecule has 1 aliphatic rings. The molecule has 1 rings (SSSR count). The third-order valence-electron chi connectivity index (χ3n) is 4.13. The summed E-state index contributed by atoms with van der Waals surface area (Å²) in [6.45, 7) is 4.63. The molecular formula is C15H30. The second kappa shape index (κ2) is 8.19. The molecule has 0 N–H and O–H groups in total. The van der Waals surface area contributed by atoms with E-state index >= 15 is 0 Å². The average Bonchev–Trinajstić information content (AvgIpc) is 2.27. The van der Waals surface area contributed by atoms with Crippen LogP contribution in [0.1, 0.15) is 84.5 Å². The minimum absolute atomic E-state index is 1.09. The van der Waals surface area contributed by atoms with E-state index in [0.717, 1.165) is 11.8 Å². The van der Waals surface area contributed by atoms with Crippen molar-refractivity contribution in [2.45, 2.75) is 84.5 Å². The normalized spacial score (nSPS) is 26.8. The molecule has 0 saturated heterocycles. The van der Waals surface area contributed by atoms with Crippen LogP contribution in [0.25, 0.3) is 0 Å². The first-order valence-electron chi connectivity index (χ1n) is 7.36. The standard InChI is InChI=1S/C15H30/c1-3-5-6-7-9-15-12-10-14(8-4-2)11-13-15/h14-15H,3-13H2,1-2H3. The molecule has 1 saturated carbocycles. The van der Waals surface area contributed by atoms with Crippen molar-refractivity contribution in [1.29, 1.82) is 0 Å². The van der Waals surface area contributed by atoms with Gasteiger partial charge in [-0.15, -0.1) is 0 Å². The molecule has 15 heavy (non-hydrogen) atoms. The zero-order valence-corrected chi connectivity index (χ0v) is 10.9. The highest BCUT2D eigenvalue weighted by atomic mass is 14.3. The lowest BCUT2D eigenvalue weighted by Crippen LogP contribution is -2.14. The molecule has 0 atom stereocenters. The molecular weight excluding hydrogens is 180 g/mol. The van der Waals surface area contributed by atoms with Crippen LogP contribution in [0.5, 0.6) is 0 Å². The van der Waals surface area contributed by atoms with E-state index in [2.05, 4.69) is 13.8 Å². The van der Waals surface area contributed by atoms with E-state index < -0.39 is 0 Å². The molecule has 0 aromatic heterocycles. The SMILES string of the molecule is CCCCCCC1CCC(CCC)CC1. The van der Waals surface area contributed by atoms with Crippen LogP contribution in [-0.2, 0) is 0 Å². The lowest BCUT2D eigenvalue weighted by molar-refractivity contribution is 0.247. The van der Waals surface area contributed by atoms with Gasteiger partial charge in [-0.2, -0.15) is 0 Å². The number of hydrogen-bond donors (Lipinski definition) is 0. The van der Waals surface area contributed by atoms with Crippen molar-refractivity contribution >= 4 is 0 Å². The smallest absolute Gasteiger partial charge is 0.0414 e. The zero-order chi connectivity index (χ0) is 10.9. The summed E-state index contributed by atoms with van der Waals surface area (Å²) < 4.78 is 0. The quantitative estimate of drug-likeness (QED) is 0.482. The first-order valence-corrected chi connectivity index (χ1v) is 7.36. The monoisotopic (exact) mass is 210 g/mol. The van der Waals surface area contributed by atoms with Crippen LogP contribution in [-0.4, -0.2) is 0 Å². The molecule has 1 aliphatic carbocycles. The van der Waals surface area contributed by atoms with Crippen LogP contribution in [0, 0.1) is 11.8 Å². The molecule has 0 spiro atoms. The van der Waals surface area contributed by atoms with E-state index in [1.54, 1.807) is 0 Å². The maximum Gasteiger partial charge on any atom is -0.0414 e. The van der Waals surface area contributed by atoms with Crippen LogP contribution in [0.4, 0.5) is 0 Å². The van der Waals surface area contributed by atoms with E-state index in [1.165, 1.54) is 70.6 Å². The Labute approximate surface area is 96.8 Å². The van der Waals surface area contributed by atoms with Crippen LogP contribution in [0.2, 0.25) is 0 Å². The fraction of sp³-hybridized carbons (Fsp3) is 1.00. The summed E-state index contributed by atoms with van der Waals surface area (Å²) in [5, 5.41) is 0. The maximum atomic E-state index is 2.33. The van der Waals surface area contributed by atoms with E-state index in [1.807, 2.05) is 0 Å². The summed E-state index contributed by atoms with van der Waals surface area (Å²) >= 11 is 0. The van der Waals surface area contributed by atoms with Crippen molar-refractivity contribution in [3.05, 3.63) is 0 Å². The molecule has 0 heterocycles. The van der Waals surface area contributed by atoms with Gasteiger partial charge in [0, 0.05) is 0 Å². The van der Waals surface area contributed by atoms with E-state index in [9.17, 15) is 0 Å².